The minimum absolute atomic E-state index is 0.0823. The highest BCUT2D eigenvalue weighted by molar-refractivity contribution is 5.92. The molecule has 3 rings (SSSR count). The number of nitrogens with zero attached hydrogens (tertiary/aromatic N) is 2. The van der Waals surface area contributed by atoms with Gasteiger partial charge in [0.15, 0.2) is 5.69 Å². The lowest BCUT2D eigenvalue weighted by molar-refractivity contribution is -0.137. The predicted octanol–water partition coefficient (Wildman–Crippen LogP) is 4.09. The van der Waals surface area contributed by atoms with Crippen molar-refractivity contribution in [3.05, 3.63) is 87.3 Å². The predicted molar refractivity (Wildman–Crippen MR) is 104 cm³/mol. The van der Waals surface area contributed by atoms with Crippen LogP contribution in [-0.4, -0.2) is 22.3 Å². The summed E-state index contributed by atoms with van der Waals surface area (Å²) < 4.78 is 70.5. The number of aryl methyl sites for hydroxylation is 1. The van der Waals surface area contributed by atoms with Crippen molar-refractivity contribution < 1.29 is 31.5 Å². The van der Waals surface area contributed by atoms with Crippen LogP contribution < -0.4 is 15.5 Å². The van der Waals surface area contributed by atoms with E-state index in [0.29, 0.717) is 0 Å². The fourth-order valence-corrected chi connectivity index (χ4v) is 2.97. The smallest absolute Gasteiger partial charge is 0.418 e. The molecule has 0 spiro atoms. The number of para-hydroxylation sites is 2. The van der Waals surface area contributed by atoms with Gasteiger partial charge in [-0.2, -0.15) is 27.1 Å². The van der Waals surface area contributed by atoms with E-state index in [1.807, 2.05) is 0 Å². The van der Waals surface area contributed by atoms with Gasteiger partial charge >= 0.3 is 12.8 Å². The molecule has 168 valence electrons. The van der Waals surface area contributed by atoms with Crippen molar-refractivity contribution >= 4 is 5.91 Å². The van der Waals surface area contributed by atoms with E-state index < -0.39 is 35.4 Å². The van der Waals surface area contributed by atoms with Crippen LogP contribution in [0.15, 0.2) is 59.4 Å². The molecule has 1 heterocycles. The van der Waals surface area contributed by atoms with Crippen molar-refractivity contribution in [2.24, 2.45) is 0 Å². The Morgan fingerprint density at radius 3 is 2.47 bits per heavy atom. The second-order valence-electron chi connectivity index (χ2n) is 6.59. The fraction of sp³-hybridized carbons (Fsp3) is 0.190. The molecule has 0 saturated carbocycles. The fourth-order valence-electron chi connectivity index (χ4n) is 2.97. The van der Waals surface area contributed by atoms with Crippen LogP contribution in [0.2, 0.25) is 0 Å². The molecule has 1 N–H and O–H groups in total. The molecule has 0 saturated heterocycles. The van der Waals surface area contributed by atoms with Crippen LogP contribution in [0.1, 0.15) is 27.3 Å². The van der Waals surface area contributed by atoms with E-state index in [4.69, 9.17) is 0 Å². The SMILES string of the molecule is Cc1cc(=O)c(C(=O)NCc2ccccc2OC(F)F)nn1-c1ccccc1C(F)(F)F. The third-order valence-corrected chi connectivity index (χ3v) is 4.39. The number of benzene rings is 2. The lowest BCUT2D eigenvalue weighted by Gasteiger charge is -2.17. The second-order valence-corrected chi connectivity index (χ2v) is 6.59. The van der Waals surface area contributed by atoms with Gasteiger partial charge in [-0.1, -0.05) is 30.3 Å². The average Bonchev–Trinajstić information content (AvgIpc) is 2.72. The monoisotopic (exact) mass is 453 g/mol. The zero-order valence-corrected chi connectivity index (χ0v) is 16.5. The summed E-state index contributed by atoms with van der Waals surface area (Å²) >= 11 is 0. The Bertz CT molecular complexity index is 1190. The minimum Gasteiger partial charge on any atom is -0.434 e. The number of alkyl halides is 5. The van der Waals surface area contributed by atoms with E-state index in [1.54, 1.807) is 0 Å². The van der Waals surface area contributed by atoms with Crippen LogP contribution in [-0.2, 0) is 12.7 Å². The van der Waals surface area contributed by atoms with Crippen molar-refractivity contribution in [1.29, 1.82) is 0 Å². The van der Waals surface area contributed by atoms with Gasteiger partial charge in [0.05, 0.1) is 11.3 Å². The largest absolute Gasteiger partial charge is 0.434 e. The van der Waals surface area contributed by atoms with Gasteiger partial charge < -0.3 is 10.1 Å². The molecule has 1 amide bonds. The van der Waals surface area contributed by atoms with Crippen molar-refractivity contribution in [2.75, 3.05) is 0 Å². The van der Waals surface area contributed by atoms with Crippen LogP contribution in [0.3, 0.4) is 0 Å². The van der Waals surface area contributed by atoms with Crippen LogP contribution in [0.4, 0.5) is 22.0 Å². The second kappa shape index (κ2) is 9.16. The average molecular weight is 453 g/mol. The van der Waals surface area contributed by atoms with Gasteiger partial charge in [0, 0.05) is 23.9 Å². The van der Waals surface area contributed by atoms with E-state index in [0.717, 1.165) is 22.9 Å². The number of hydrogen-bond acceptors (Lipinski definition) is 4. The van der Waals surface area contributed by atoms with Gasteiger partial charge in [0.2, 0.25) is 5.43 Å². The summed E-state index contributed by atoms with van der Waals surface area (Å²) in [5.41, 5.74) is -2.53. The maximum Gasteiger partial charge on any atom is 0.418 e. The third-order valence-electron chi connectivity index (χ3n) is 4.39. The standard InChI is InChI=1S/C21H16F5N3O3/c1-12-10-16(30)18(28-29(12)15-8-4-3-7-14(15)21(24,25)26)19(31)27-11-13-6-2-5-9-17(13)32-20(22)23/h2-10,20H,11H2,1H3,(H,27,31). The number of halogens is 5. The molecule has 0 radical (unpaired) electrons. The number of carbonyl (C=O) groups is 1. The topological polar surface area (TPSA) is 73.2 Å². The number of ether oxygens (including phenoxy) is 1. The van der Waals surface area contributed by atoms with Gasteiger partial charge in [-0.25, -0.2) is 4.68 Å². The summed E-state index contributed by atoms with van der Waals surface area (Å²) in [5.74, 6) is -1.16. The molecule has 0 bridgehead atoms. The van der Waals surface area contributed by atoms with E-state index in [1.165, 1.54) is 43.3 Å². The molecule has 11 heteroatoms. The zero-order valence-electron chi connectivity index (χ0n) is 16.5. The molecule has 6 nitrogen and oxygen atoms in total. The molecule has 2 aromatic carbocycles. The Kier molecular flexibility index (Phi) is 6.56. The number of aromatic nitrogens is 2. The first-order valence-corrected chi connectivity index (χ1v) is 9.16. The van der Waals surface area contributed by atoms with Gasteiger partial charge in [-0.3, -0.25) is 9.59 Å². The first kappa shape index (κ1) is 22.9. The molecule has 1 aromatic heterocycles. The molecular formula is C21H16F5N3O3. The number of nitrogens with one attached hydrogen (secondary N) is 1. The summed E-state index contributed by atoms with van der Waals surface area (Å²) in [4.78, 5) is 24.8. The molecule has 0 fully saturated rings. The highest BCUT2D eigenvalue weighted by atomic mass is 19.4. The van der Waals surface area contributed by atoms with Gasteiger partial charge in [0.1, 0.15) is 5.75 Å². The third kappa shape index (κ3) is 5.10. The Hall–Kier alpha value is -3.76. The number of rotatable bonds is 6. The maximum atomic E-state index is 13.4. The van der Waals surface area contributed by atoms with Crippen LogP contribution in [0.5, 0.6) is 5.75 Å². The Labute approximate surface area is 178 Å². The van der Waals surface area contributed by atoms with Crippen LogP contribution in [0.25, 0.3) is 5.69 Å². The quantitative estimate of drug-likeness (QED) is 0.571. The molecule has 32 heavy (non-hydrogen) atoms. The van der Waals surface area contributed by atoms with E-state index in [9.17, 15) is 31.5 Å². The van der Waals surface area contributed by atoms with Gasteiger partial charge in [0.25, 0.3) is 5.91 Å². The molecule has 0 aliphatic rings. The number of amides is 1. The van der Waals surface area contributed by atoms with E-state index in [-0.39, 0.29) is 29.2 Å². The summed E-state index contributed by atoms with van der Waals surface area (Å²) in [6, 6.07) is 11.3. The lowest BCUT2D eigenvalue weighted by Crippen LogP contribution is -2.32. The highest BCUT2D eigenvalue weighted by Gasteiger charge is 2.34. The molecule has 0 unspecified atom stereocenters. The molecule has 0 aliphatic heterocycles. The first-order chi connectivity index (χ1) is 15.1. The summed E-state index contributed by atoms with van der Waals surface area (Å²) in [6.07, 6.45) is -4.69. The van der Waals surface area contributed by atoms with Crippen LogP contribution >= 0.6 is 0 Å². The molecule has 3 aromatic rings. The number of carbonyl (C=O) groups excluding carboxylic acids is 1. The Morgan fingerprint density at radius 1 is 1.12 bits per heavy atom. The first-order valence-electron chi connectivity index (χ1n) is 9.16. The van der Waals surface area contributed by atoms with E-state index >= 15 is 0 Å². The van der Waals surface area contributed by atoms with Crippen LogP contribution in [0, 0.1) is 6.92 Å². The van der Waals surface area contributed by atoms with Gasteiger partial charge in [-0.15, -0.1) is 0 Å². The maximum absolute atomic E-state index is 13.4. The molecule has 0 aliphatic carbocycles. The molecule has 0 atom stereocenters. The van der Waals surface area contributed by atoms with Crippen molar-refractivity contribution in [3.8, 4) is 11.4 Å². The Balaban J connectivity index is 1.93. The summed E-state index contributed by atoms with van der Waals surface area (Å²) in [6.45, 7) is -1.98. The van der Waals surface area contributed by atoms with Crippen molar-refractivity contribution in [3.63, 3.8) is 0 Å². The zero-order chi connectivity index (χ0) is 23.5. The van der Waals surface area contributed by atoms with Gasteiger partial charge in [-0.05, 0) is 25.1 Å². The highest BCUT2D eigenvalue weighted by Crippen LogP contribution is 2.33. The summed E-state index contributed by atoms with van der Waals surface area (Å²) in [5, 5.41) is 6.19. The minimum atomic E-state index is -4.69. The number of hydrogen-bond donors (Lipinski definition) is 1. The Morgan fingerprint density at radius 2 is 1.78 bits per heavy atom. The normalized spacial score (nSPS) is 11.5. The summed E-state index contributed by atoms with van der Waals surface area (Å²) in [7, 11) is 0. The molecular weight excluding hydrogens is 437 g/mol. The lowest BCUT2D eigenvalue weighted by atomic mass is 10.1. The van der Waals surface area contributed by atoms with Crippen molar-refractivity contribution in [1.82, 2.24) is 15.1 Å². The van der Waals surface area contributed by atoms with Crippen molar-refractivity contribution in [2.45, 2.75) is 26.3 Å². The van der Waals surface area contributed by atoms with E-state index in [2.05, 4.69) is 15.2 Å².